The molecular formula is C34H45N3O4. The molecule has 41 heavy (non-hydrogen) atoms. The van der Waals surface area contributed by atoms with Crippen LogP contribution < -0.4 is 4.74 Å². The smallest absolute Gasteiger partial charge is 0.308 e. The number of para-hydroxylation sites is 1. The Kier molecular flexibility index (Phi) is 9.46. The highest BCUT2D eigenvalue weighted by atomic mass is 16.6. The number of H-pyrrole nitrogens is 1. The van der Waals surface area contributed by atoms with Gasteiger partial charge in [-0.25, -0.2) is 4.98 Å². The maximum atomic E-state index is 12.9. The molecule has 6 rings (SSSR count). The molecule has 0 aliphatic heterocycles. The first-order valence-electron chi connectivity index (χ1n) is 15.2. The molecule has 0 amide bonds. The summed E-state index contributed by atoms with van der Waals surface area (Å²) >= 11 is 0. The summed E-state index contributed by atoms with van der Waals surface area (Å²) < 4.78 is 17.4. The van der Waals surface area contributed by atoms with Crippen molar-refractivity contribution in [2.24, 2.45) is 17.8 Å². The first-order chi connectivity index (χ1) is 19.9. The Morgan fingerprint density at radius 2 is 1.93 bits per heavy atom. The number of aryl methyl sites for hydroxylation is 1. The van der Waals surface area contributed by atoms with E-state index < -0.39 is 5.60 Å². The summed E-state index contributed by atoms with van der Waals surface area (Å²) in [5.41, 5.74) is 4.19. The molecule has 3 aliphatic carbocycles. The number of nitrogens with zero attached hydrogens (tertiary/aromatic N) is 2. The Morgan fingerprint density at radius 3 is 2.66 bits per heavy atom. The van der Waals surface area contributed by atoms with Gasteiger partial charge in [0.25, 0.3) is 0 Å². The van der Waals surface area contributed by atoms with E-state index in [0.29, 0.717) is 19.1 Å². The lowest BCUT2D eigenvalue weighted by Crippen LogP contribution is -2.51. The summed E-state index contributed by atoms with van der Waals surface area (Å²) in [5, 5.41) is 0. The topological polar surface area (TPSA) is 76.7 Å². The van der Waals surface area contributed by atoms with E-state index in [2.05, 4.69) is 53.3 Å². The van der Waals surface area contributed by atoms with Crippen LogP contribution >= 0.6 is 0 Å². The molecule has 2 bridgehead atoms. The Balaban J connectivity index is 1.20. The van der Waals surface area contributed by atoms with E-state index in [0.717, 1.165) is 67.8 Å². The zero-order valence-electron chi connectivity index (χ0n) is 25.0. The van der Waals surface area contributed by atoms with Gasteiger partial charge in [-0.15, -0.1) is 0 Å². The van der Waals surface area contributed by atoms with Crippen LogP contribution in [0.2, 0.25) is 0 Å². The largest absolute Gasteiger partial charge is 0.489 e. The second-order valence-electron chi connectivity index (χ2n) is 12.0. The molecule has 3 atom stereocenters. The third-order valence-electron chi connectivity index (χ3n) is 8.74. The van der Waals surface area contributed by atoms with Crippen LogP contribution in [-0.4, -0.2) is 66.9 Å². The van der Waals surface area contributed by atoms with Gasteiger partial charge in [-0.1, -0.05) is 56.3 Å². The predicted molar refractivity (Wildman–Crippen MR) is 163 cm³/mol. The summed E-state index contributed by atoms with van der Waals surface area (Å²) in [6, 6.07) is 16.7. The van der Waals surface area contributed by atoms with Gasteiger partial charge in [0.05, 0.1) is 18.0 Å². The predicted octanol–water partition coefficient (Wildman–Crippen LogP) is 6.29. The molecule has 1 aromatic heterocycles. The molecule has 0 spiro atoms. The quantitative estimate of drug-likeness (QED) is 0.185. The average molecular weight is 560 g/mol. The maximum Gasteiger partial charge on any atom is 0.308 e. The first-order valence-corrected chi connectivity index (χ1v) is 15.2. The Morgan fingerprint density at radius 1 is 1.10 bits per heavy atom. The minimum absolute atomic E-state index is 0.0784. The van der Waals surface area contributed by atoms with Crippen LogP contribution in [0.5, 0.6) is 5.75 Å². The number of carbonyl (C=O) groups is 1. The number of hydrogen-bond donors (Lipinski definition) is 1. The van der Waals surface area contributed by atoms with Gasteiger partial charge in [0, 0.05) is 32.4 Å². The van der Waals surface area contributed by atoms with Gasteiger partial charge in [0.2, 0.25) is 0 Å². The second-order valence-corrected chi connectivity index (χ2v) is 12.0. The average Bonchev–Trinajstić information content (AvgIpc) is 3.41. The fourth-order valence-corrected chi connectivity index (χ4v) is 6.44. The normalized spacial score (nSPS) is 22.0. The third-order valence-corrected chi connectivity index (χ3v) is 8.74. The van der Waals surface area contributed by atoms with E-state index in [1.807, 2.05) is 32.0 Å². The second kappa shape index (κ2) is 13.2. The van der Waals surface area contributed by atoms with E-state index in [9.17, 15) is 4.79 Å². The molecule has 3 aromatic rings. The highest BCUT2D eigenvalue weighted by molar-refractivity contribution is 5.81. The molecular weight excluding hydrogens is 514 g/mol. The minimum Gasteiger partial charge on any atom is -0.489 e. The van der Waals surface area contributed by atoms with Gasteiger partial charge in [0.15, 0.2) is 0 Å². The number of fused-ring (bicyclic) bond motifs is 3. The van der Waals surface area contributed by atoms with Crippen molar-refractivity contribution in [3.8, 4) is 5.75 Å². The van der Waals surface area contributed by atoms with Crippen molar-refractivity contribution >= 4 is 22.6 Å². The molecule has 1 heterocycles. The molecule has 0 radical (unpaired) electrons. The number of benzene rings is 2. The van der Waals surface area contributed by atoms with Crippen LogP contribution in [-0.2, 0) is 20.7 Å². The van der Waals surface area contributed by atoms with Crippen molar-refractivity contribution in [2.75, 3.05) is 40.5 Å². The number of rotatable bonds is 14. The van der Waals surface area contributed by atoms with E-state index in [4.69, 9.17) is 19.2 Å². The van der Waals surface area contributed by atoms with Crippen LogP contribution in [0.4, 0.5) is 0 Å². The summed E-state index contributed by atoms with van der Waals surface area (Å²) in [6.45, 7) is 6.75. The number of allylic oxidation sites excluding steroid dienone is 1. The van der Waals surface area contributed by atoms with Crippen molar-refractivity contribution in [3.05, 3.63) is 66.0 Å². The van der Waals surface area contributed by atoms with Crippen molar-refractivity contribution in [3.63, 3.8) is 0 Å². The van der Waals surface area contributed by atoms with Gasteiger partial charge in [-0.3, -0.25) is 4.79 Å². The van der Waals surface area contributed by atoms with Crippen molar-refractivity contribution in [1.29, 1.82) is 0 Å². The summed E-state index contributed by atoms with van der Waals surface area (Å²) in [5.74, 6) is 2.25. The lowest BCUT2D eigenvalue weighted by Gasteiger charge is -2.50. The summed E-state index contributed by atoms with van der Waals surface area (Å²) in [7, 11) is 3.84. The number of methoxy groups -OCH3 is 1. The van der Waals surface area contributed by atoms with Gasteiger partial charge < -0.3 is 24.1 Å². The SMILES string of the molecule is COCCOc1cccc2[nH]c(CCCN(C)CC[C@]3(OC(=O)C(C)C)C[C@H]4CC[C@H]3C=C4c3ccccc3)nc12. The van der Waals surface area contributed by atoms with Gasteiger partial charge >= 0.3 is 5.97 Å². The number of ether oxygens (including phenoxy) is 3. The van der Waals surface area contributed by atoms with E-state index in [-0.39, 0.29) is 17.8 Å². The molecule has 0 saturated heterocycles. The highest BCUT2D eigenvalue weighted by Crippen LogP contribution is 2.53. The van der Waals surface area contributed by atoms with Crippen LogP contribution in [0.25, 0.3) is 16.6 Å². The number of aromatic nitrogens is 2. The monoisotopic (exact) mass is 559 g/mol. The van der Waals surface area contributed by atoms with Crippen molar-refractivity contribution < 1.29 is 19.0 Å². The molecule has 0 unspecified atom stereocenters. The Hall–Kier alpha value is -3.16. The van der Waals surface area contributed by atoms with Crippen LogP contribution in [0.15, 0.2) is 54.6 Å². The highest BCUT2D eigenvalue weighted by Gasteiger charge is 2.50. The summed E-state index contributed by atoms with van der Waals surface area (Å²) in [6.07, 6.45) is 8.29. The third kappa shape index (κ3) is 6.84. The standard InChI is InChI=1S/C34H45N3O4/c1-24(2)33(38)41-34(23-26-15-16-27(34)22-28(26)25-10-6-5-7-11-25)17-19-37(3)18-9-14-31-35-29-12-8-13-30(32(29)36-31)40-21-20-39-4/h5-8,10-13,22,24,26-27H,9,14-21,23H2,1-4H3,(H,35,36)/t26-,27+,34+/m1/s1. The molecule has 2 aromatic carbocycles. The fourth-order valence-electron chi connectivity index (χ4n) is 6.44. The molecule has 1 N–H and O–H groups in total. The molecule has 1 saturated carbocycles. The van der Waals surface area contributed by atoms with Gasteiger partial charge in [-0.05, 0) is 68.5 Å². The van der Waals surface area contributed by atoms with Crippen LogP contribution in [0.1, 0.15) is 57.3 Å². The Labute approximate surface area is 244 Å². The number of imidazole rings is 1. The van der Waals surface area contributed by atoms with E-state index >= 15 is 0 Å². The lowest BCUT2D eigenvalue weighted by atomic mass is 9.60. The molecule has 220 valence electrons. The first kappa shape index (κ1) is 29.3. The van der Waals surface area contributed by atoms with E-state index in [1.54, 1.807) is 7.11 Å². The number of carbonyl (C=O) groups excluding carboxylic acids is 1. The zero-order valence-corrected chi connectivity index (χ0v) is 25.0. The van der Waals surface area contributed by atoms with Crippen LogP contribution in [0, 0.1) is 17.8 Å². The zero-order chi connectivity index (χ0) is 28.8. The van der Waals surface area contributed by atoms with Gasteiger partial charge in [-0.2, -0.15) is 0 Å². The molecule has 3 aliphatic rings. The fraction of sp³-hybridized carbons (Fsp3) is 0.529. The number of aromatic amines is 1. The summed E-state index contributed by atoms with van der Waals surface area (Å²) in [4.78, 5) is 23.6. The van der Waals surface area contributed by atoms with Crippen molar-refractivity contribution in [1.82, 2.24) is 14.9 Å². The molecule has 7 heteroatoms. The number of esters is 1. The molecule has 7 nitrogen and oxygen atoms in total. The van der Waals surface area contributed by atoms with Crippen molar-refractivity contribution in [2.45, 2.75) is 58.0 Å². The lowest BCUT2D eigenvalue weighted by molar-refractivity contribution is -0.176. The van der Waals surface area contributed by atoms with Gasteiger partial charge in [0.1, 0.15) is 29.3 Å². The Bertz CT molecular complexity index is 1330. The number of hydrogen-bond acceptors (Lipinski definition) is 6. The van der Waals surface area contributed by atoms with E-state index in [1.165, 1.54) is 17.6 Å². The maximum absolute atomic E-state index is 12.9. The number of nitrogens with one attached hydrogen (secondary N) is 1. The minimum atomic E-state index is -0.422. The molecule has 1 fully saturated rings. The van der Waals surface area contributed by atoms with Crippen LogP contribution in [0.3, 0.4) is 0 Å².